The van der Waals surface area contributed by atoms with E-state index in [9.17, 15) is 0 Å². The number of thiazole rings is 1. The maximum atomic E-state index is 6.05. The van der Waals surface area contributed by atoms with Crippen molar-refractivity contribution in [3.05, 3.63) is 57.7 Å². The van der Waals surface area contributed by atoms with Gasteiger partial charge in [-0.25, -0.2) is 4.98 Å². The monoisotopic (exact) mass is 319 g/mol. The maximum Gasteiger partial charge on any atom is 0.203 e. The van der Waals surface area contributed by atoms with Crippen LogP contribution in [0.4, 0.5) is 5.13 Å². The molecule has 0 aliphatic heterocycles. The highest BCUT2D eigenvalue weighted by atomic mass is 35.5. The normalized spacial score (nSPS) is 11.1. The van der Waals surface area contributed by atoms with Crippen LogP contribution in [-0.4, -0.2) is 11.2 Å². The van der Waals surface area contributed by atoms with Gasteiger partial charge in [-0.05, 0) is 17.5 Å². The first-order valence-corrected chi connectivity index (χ1v) is 7.99. The van der Waals surface area contributed by atoms with E-state index in [1.54, 1.807) is 17.6 Å². The summed E-state index contributed by atoms with van der Waals surface area (Å²) >= 11 is 9.24. The number of aromatic nitrogens is 1. The van der Waals surface area contributed by atoms with Gasteiger partial charge in [-0.15, -0.1) is 22.7 Å². The summed E-state index contributed by atoms with van der Waals surface area (Å²) in [7, 11) is 0. The van der Waals surface area contributed by atoms with Crippen molar-refractivity contribution in [1.29, 1.82) is 0 Å². The van der Waals surface area contributed by atoms with E-state index < -0.39 is 0 Å². The molecule has 3 aromatic rings. The minimum Gasteiger partial charge on any atom is -0.253 e. The Morgan fingerprint density at radius 3 is 2.85 bits per heavy atom. The molecule has 0 saturated carbocycles. The van der Waals surface area contributed by atoms with Crippen molar-refractivity contribution in [1.82, 2.24) is 4.98 Å². The molecule has 2 aromatic heterocycles. The summed E-state index contributed by atoms with van der Waals surface area (Å²) in [5, 5.41) is 9.65. The molecule has 0 atom stereocenters. The molecule has 0 unspecified atom stereocenters. The molecule has 0 spiro atoms. The Balaban J connectivity index is 1.69. The molecule has 3 nitrogen and oxygen atoms in total. The molecule has 2 heterocycles. The fourth-order valence-corrected chi connectivity index (χ4v) is 3.20. The molecule has 20 heavy (non-hydrogen) atoms. The van der Waals surface area contributed by atoms with Gasteiger partial charge in [0.25, 0.3) is 0 Å². The second-order valence-corrected chi connectivity index (χ2v) is 6.12. The van der Waals surface area contributed by atoms with Crippen LogP contribution in [0.1, 0.15) is 5.56 Å². The largest absolute Gasteiger partial charge is 0.253 e. The van der Waals surface area contributed by atoms with Gasteiger partial charge in [0.1, 0.15) is 0 Å². The van der Waals surface area contributed by atoms with Gasteiger partial charge in [0.05, 0.1) is 16.8 Å². The topological polar surface area (TPSA) is 37.3 Å². The van der Waals surface area contributed by atoms with E-state index in [0.29, 0.717) is 5.02 Å². The number of thiophene rings is 1. The lowest BCUT2D eigenvalue weighted by molar-refractivity contribution is 1.29. The first-order valence-electron chi connectivity index (χ1n) is 5.86. The SMILES string of the molecule is Clc1ccccc1/C=N/Nc1nc(-c2cccs2)cs1. The zero-order chi connectivity index (χ0) is 13.8. The van der Waals surface area contributed by atoms with E-state index in [0.717, 1.165) is 21.3 Å². The molecule has 1 aromatic carbocycles. The van der Waals surface area contributed by atoms with Crippen molar-refractivity contribution in [3.8, 4) is 10.6 Å². The molecule has 0 radical (unpaired) electrons. The zero-order valence-corrected chi connectivity index (χ0v) is 12.7. The van der Waals surface area contributed by atoms with Crippen molar-refractivity contribution in [2.75, 3.05) is 5.43 Å². The average molecular weight is 320 g/mol. The number of nitrogens with one attached hydrogen (secondary N) is 1. The van der Waals surface area contributed by atoms with Crippen LogP contribution in [0, 0.1) is 0 Å². The number of halogens is 1. The van der Waals surface area contributed by atoms with Crippen LogP contribution in [0.25, 0.3) is 10.6 Å². The Bertz CT molecular complexity index is 720. The molecular formula is C14H10ClN3S2. The molecule has 0 amide bonds. The lowest BCUT2D eigenvalue weighted by atomic mass is 10.2. The summed E-state index contributed by atoms with van der Waals surface area (Å²) in [6, 6.07) is 11.6. The third-order valence-corrected chi connectivity index (χ3v) is 4.53. The highest BCUT2D eigenvalue weighted by Gasteiger charge is 2.04. The average Bonchev–Trinajstić information content (AvgIpc) is 3.11. The highest BCUT2D eigenvalue weighted by Crippen LogP contribution is 2.28. The molecule has 1 N–H and O–H groups in total. The second-order valence-electron chi connectivity index (χ2n) is 3.91. The molecule has 0 bridgehead atoms. The third kappa shape index (κ3) is 3.07. The summed E-state index contributed by atoms with van der Waals surface area (Å²) in [5.41, 5.74) is 4.77. The van der Waals surface area contributed by atoms with E-state index in [1.807, 2.05) is 41.1 Å². The Labute approximate surface area is 129 Å². The van der Waals surface area contributed by atoms with Crippen molar-refractivity contribution in [3.63, 3.8) is 0 Å². The summed E-state index contributed by atoms with van der Waals surface area (Å²) in [6.07, 6.45) is 1.69. The summed E-state index contributed by atoms with van der Waals surface area (Å²) in [4.78, 5) is 5.63. The number of benzene rings is 1. The molecule has 3 rings (SSSR count). The van der Waals surface area contributed by atoms with Crippen LogP contribution >= 0.6 is 34.3 Å². The smallest absolute Gasteiger partial charge is 0.203 e. The number of hydrogen-bond acceptors (Lipinski definition) is 5. The van der Waals surface area contributed by atoms with E-state index in [4.69, 9.17) is 11.6 Å². The summed E-state index contributed by atoms with van der Waals surface area (Å²) in [6.45, 7) is 0. The van der Waals surface area contributed by atoms with E-state index >= 15 is 0 Å². The standard InChI is InChI=1S/C14H10ClN3S2/c15-11-5-2-1-4-10(11)8-16-18-14-17-12(9-20-14)13-6-3-7-19-13/h1-9H,(H,17,18)/b16-8+. The quantitative estimate of drug-likeness (QED) is 0.544. The van der Waals surface area contributed by atoms with E-state index in [2.05, 4.69) is 21.6 Å². The van der Waals surface area contributed by atoms with Gasteiger partial charge in [0.2, 0.25) is 5.13 Å². The van der Waals surface area contributed by atoms with Gasteiger partial charge >= 0.3 is 0 Å². The first-order chi connectivity index (χ1) is 9.83. The van der Waals surface area contributed by atoms with Crippen LogP contribution < -0.4 is 5.43 Å². The van der Waals surface area contributed by atoms with Crippen LogP contribution in [0.3, 0.4) is 0 Å². The number of anilines is 1. The predicted molar refractivity (Wildman–Crippen MR) is 88.1 cm³/mol. The van der Waals surface area contributed by atoms with Crippen LogP contribution in [-0.2, 0) is 0 Å². The fourth-order valence-electron chi connectivity index (χ4n) is 1.60. The molecule has 0 aliphatic carbocycles. The Hall–Kier alpha value is -1.69. The highest BCUT2D eigenvalue weighted by molar-refractivity contribution is 7.15. The molecule has 0 fully saturated rings. The van der Waals surface area contributed by atoms with Crippen LogP contribution in [0.15, 0.2) is 52.3 Å². The third-order valence-electron chi connectivity index (χ3n) is 2.55. The van der Waals surface area contributed by atoms with Gasteiger partial charge in [0, 0.05) is 16.0 Å². The molecule has 0 aliphatic rings. The summed E-state index contributed by atoms with van der Waals surface area (Å²) < 4.78 is 0. The number of rotatable bonds is 4. The van der Waals surface area contributed by atoms with Crippen LogP contribution in [0.5, 0.6) is 0 Å². The van der Waals surface area contributed by atoms with Gasteiger partial charge in [-0.2, -0.15) is 5.10 Å². The maximum absolute atomic E-state index is 6.05. The van der Waals surface area contributed by atoms with Gasteiger partial charge in [-0.1, -0.05) is 35.9 Å². The fraction of sp³-hybridized carbons (Fsp3) is 0. The Morgan fingerprint density at radius 1 is 1.15 bits per heavy atom. The minimum atomic E-state index is 0.677. The van der Waals surface area contributed by atoms with E-state index in [-0.39, 0.29) is 0 Å². The number of nitrogens with zero attached hydrogens (tertiary/aromatic N) is 2. The first kappa shape index (κ1) is 13.3. The Kier molecular flexibility index (Phi) is 4.11. The van der Waals surface area contributed by atoms with Crippen molar-refractivity contribution in [2.24, 2.45) is 5.10 Å². The molecular weight excluding hydrogens is 310 g/mol. The predicted octanol–water partition coefficient (Wildman–Crippen LogP) is 4.97. The number of hydrazone groups is 1. The van der Waals surface area contributed by atoms with Crippen molar-refractivity contribution in [2.45, 2.75) is 0 Å². The lowest BCUT2D eigenvalue weighted by Gasteiger charge is -1.96. The lowest BCUT2D eigenvalue weighted by Crippen LogP contribution is -1.90. The van der Waals surface area contributed by atoms with Crippen molar-refractivity contribution < 1.29 is 0 Å². The van der Waals surface area contributed by atoms with Gasteiger partial charge in [-0.3, -0.25) is 5.43 Å². The zero-order valence-electron chi connectivity index (χ0n) is 10.3. The molecule has 100 valence electrons. The van der Waals surface area contributed by atoms with Crippen molar-refractivity contribution >= 4 is 45.6 Å². The second kappa shape index (κ2) is 6.17. The molecule has 6 heteroatoms. The van der Waals surface area contributed by atoms with Gasteiger partial charge < -0.3 is 0 Å². The van der Waals surface area contributed by atoms with Gasteiger partial charge in [0.15, 0.2) is 0 Å². The Morgan fingerprint density at radius 2 is 2.05 bits per heavy atom. The molecule has 0 saturated heterocycles. The number of hydrogen-bond donors (Lipinski definition) is 1. The van der Waals surface area contributed by atoms with E-state index in [1.165, 1.54) is 11.3 Å². The van der Waals surface area contributed by atoms with Crippen LogP contribution in [0.2, 0.25) is 5.02 Å². The summed E-state index contributed by atoms with van der Waals surface area (Å²) in [5.74, 6) is 0. The minimum absolute atomic E-state index is 0.677.